The molecule has 3 atom stereocenters. The number of rotatable bonds is 9. The Kier molecular flexibility index (Phi) is 8.12. The van der Waals surface area contributed by atoms with E-state index in [1.807, 2.05) is 11.8 Å². The third-order valence-electron chi connectivity index (χ3n) is 7.55. The van der Waals surface area contributed by atoms with Crippen LogP contribution in [0.15, 0.2) is 10.6 Å². The van der Waals surface area contributed by atoms with Gasteiger partial charge in [0, 0.05) is 37.0 Å². The molecule has 0 radical (unpaired) electrons. The predicted octanol–water partition coefficient (Wildman–Crippen LogP) is 3.35. The van der Waals surface area contributed by atoms with E-state index in [-0.39, 0.29) is 47.8 Å². The lowest BCUT2D eigenvalue weighted by molar-refractivity contribution is -0.136. The van der Waals surface area contributed by atoms with Crippen molar-refractivity contribution in [1.82, 2.24) is 19.7 Å². The first-order valence-electron chi connectivity index (χ1n) is 12.6. The lowest BCUT2D eigenvalue weighted by Gasteiger charge is -2.39. The van der Waals surface area contributed by atoms with Crippen molar-refractivity contribution in [1.29, 1.82) is 0 Å². The highest BCUT2D eigenvalue weighted by molar-refractivity contribution is 7.89. The molecule has 1 aromatic heterocycles. The van der Waals surface area contributed by atoms with Crippen molar-refractivity contribution in [3.05, 3.63) is 17.5 Å². The average Bonchev–Trinajstić information content (AvgIpc) is 3.37. The highest BCUT2D eigenvalue weighted by atomic mass is 32.2. The van der Waals surface area contributed by atoms with Gasteiger partial charge in [-0.05, 0) is 70.5 Å². The Hall–Kier alpha value is -1.66. The third-order valence-corrected chi connectivity index (χ3v) is 9.68. The van der Waals surface area contributed by atoms with E-state index in [4.69, 9.17) is 4.52 Å². The maximum Gasteiger partial charge on any atom is 0.389 e. The molecule has 0 spiro atoms. The van der Waals surface area contributed by atoms with Crippen molar-refractivity contribution in [3.63, 3.8) is 0 Å². The standard InChI is InChI=1S/C23H35F3N4O4S/c1-2-20-14-21(28-34-20)22(31)27-17-12-18-4-5-19(13-17)30(18)35(32,33)15-16-6-10-29(11-7-16)9-3-8-23(24,25)26/h14,16-19H,2-13,15H2,1H3,(H,27,31)/t17?,18-,19+. The number of sulfonamides is 1. The minimum Gasteiger partial charge on any atom is -0.361 e. The fourth-order valence-electron chi connectivity index (χ4n) is 5.82. The summed E-state index contributed by atoms with van der Waals surface area (Å²) in [6.45, 7) is 3.59. The smallest absolute Gasteiger partial charge is 0.361 e. The number of hydrogen-bond acceptors (Lipinski definition) is 6. The quantitative estimate of drug-likeness (QED) is 0.537. The van der Waals surface area contributed by atoms with E-state index in [1.54, 1.807) is 10.4 Å². The lowest BCUT2D eigenvalue weighted by atomic mass is 9.99. The van der Waals surface area contributed by atoms with Crippen LogP contribution in [-0.4, -0.2) is 78.4 Å². The predicted molar refractivity (Wildman–Crippen MR) is 123 cm³/mol. The number of hydrogen-bond donors (Lipinski definition) is 1. The minimum atomic E-state index is -4.13. The monoisotopic (exact) mass is 520 g/mol. The lowest BCUT2D eigenvalue weighted by Crippen LogP contribution is -2.53. The van der Waals surface area contributed by atoms with Crippen LogP contribution in [0.25, 0.3) is 0 Å². The molecule has 198 valence electrons. The zero-order valence-electron chi connectivity index (χ0n) is 20.1. The molecule has 3 aliphatic heterocycles. The zero-order valence-corrected chi connectivity index (χ0v) is 20.9. The number of carbonyl (C=O) groups excluding carboxylic acids is 1. The molecule has 1 unspecified atom stereocenters. The van der Waals surface area contributed by atoms with Gasteiger partial charge < -0.3 is 14.7 Å². The van der Waals surface area contributed by atoms with Gasteiger partial charge in [0.2, 0.25) is 10.0 Å². The van der Waals surface area contributed by atoms with Gasteiger partial charge in [-0.3, -0.25) is 4.79 Å². The first-order valence-corrected chi connectivity index (χ1v) is 14.2. The van der Waals surface area contributed by atoms with Gasteiger partial charge in [0.1, 0.15) is 5.76 Å². The summed E-state index contributed by atoms with van der Waals surface area (Å²) in [5, 5.41) is 6.81. The summed E-state index contributed by atoms with van der Waals surface area (Å²) in [6.07, 6.45) is -0.0644. The highest BCUT2D eigenvalue weighted by Crippen LogP contribution is 2.39. The van der Waals surface area contributed by atoms with Gasteiger partial charge in [-0.1, -0.05) is 12.1 Å². The van der Waals surface area contributed by atoms with Crippen LogP contribution in [-0.2, 0) is 16.4 Å². The number of piperidine rings is 2. The Balaban J connectivity index is 1.25. The number of nitrogens with zero attached hydrogens (tertiary/aromatic N) is 3. The fourth-order valence-corrected chi connectivity index (χ4v) is 8.21. The SMILES string of the molecule is CCc1cc(C(=O)NC2C[C@H]3CC[C@@H](C2)N3S(=O)(=O)CC2CCN(CCCC(F)(F)F)CC2)no1. The molecule has 0 saturated carbocycles. The van der Waals surface area contributed by atoms with Gasteiger partial charge in [0.05, 0.1) is 5.75 Å². The Morgan fingerprint density at radius 1 is 1.17 bits per heavy atom. The molecule has 1 amide bonds. The van der Waals surface area contributed by atoms with Crippen LogP contribution >= 0.6 is 0 Å². The molecular weight excluding hydrogens is 485 g/mol. The molecule has 12 heteroatoms. The number of carbonyl (C=O) groups is 1. The van der Waals surface area contributed by atoms with E-state index in [9.17, 15) is 26.4 Å². The van der Waals surface area contributed by atoms with Gasteiger partial charge in [-0.15, -0.1) is 0 Å². The van der Waals surface area contributed by atoms with E-state index in [1.165, 1.54) is 0 Å². The van der Waals surface area contributed by atoms with Crippen LogP contribution in [0.1, 0.15) is 74.5 Å². The third kappa shape index (κ3) is 6.76. The second-order valence-electron chi connectivity index (χ2n) is 10.2. The number of fused-ring (bicyclic) bond motifs is 2. The number of alkyl halides is 3. The van der Waals surface area contributed by atoms with Crippen LogP contribution in [0.3, 0.4) is 0 Å². The van der Waals surface area contributed by atoms with Crippen LogP contribution in [0.2, 0.25) is 0 Å². The molecule has 1 N–H and O–H groups in total. The minimum absolute atomic E-state index is 0.0237. The van der Waals surface area contributed by atoms with Gasteiger partial charge in [0.15, 0.2) is 5.69 Å². The second kappa shape index (κ2) is 10.8. The summed E-state index contributed by atoms with van der Waals surface area (Å²) in [4.78, 5) is 14.5. The van der Waals surface area contributed by atoms with Crippen LogP contribution < -0.4 is 5.32 Å². The second-order valence-corrected chi connectivity index (χ2v) is 12.1. The first-order chi connectivity index (χ1) is 16.5. The van der Waals surface area contributed by atoms with Crippen LogP contribution in [0, 0.1) is 5.92 Å². The molecule has 0 aliphatic carbocycles. The van der Waals surface area contributed by atoms with E-state index in [0.29, 0.717) is 57.5 Å². The Morgan fingerprint density at radius 2 is 1.83 bits per heavy atom. The van der Waals surface area contributed by atoms with Gasteiger partial charge in [-0.25, -0.2) is 8.42 Å². The van der Waals surface area contributed by atoms with E-state index in [2.05, 4.69) is 10.5 Å². The zero-order chi connectivity index (χ0) is 25.2. The Morgan fingerprint density at radius 3 is 2.40 bits per heavy atom. The Bertz CT molecular complexity index is 962. The molecule has 4 heterocycles. The molecule has 8 nitrogen and oxygen atoms in total. The summed E-state index contributed by atoms with van der Waals surface area (Å²) in [5.41, 5.74) is 0.244. The molecule has 2 bridgehead atoms. The summed E-state index contributed by atoms with van der Waals surface area (Å²) >= 11 is 0. The van der Waals surface area contributed by atoms with Crippen LogP contribution in [0.4, 0.5) is 13.2 Å². The Labute approximate surface area is 204 Å². The molecular formula is C23H35F3N4O4S. The van der Waals surface area contributed by atoms with Crippen molar-refractivity contribution in [2.75, 3.05) is 25.4 Å². The largest absolute Gasteiger partial charge is 0.389 e. The van der Waals surface area contributed by atoms with Crippen molar-refractivity contribution < 1.29 is 30.9 Å². The number of aromatic nitrogens is 1. The molecule has 3 saturated heterocycles. The maximum atomic E-state index is 13.3. The van der Waals surface area contributed by atoms with Crippen LogP contribution in [0.5, 0.6) is 0 Å². The van der Waals surface area contributed by atoms with Gasteiger partial charge in [-0.2, -0.15) is 17.5 Å². The van der Waals surface area contributed by atoms with Crippen molar-refractivity contribution in [2.45, 2.75) is 89.0 Å². The van der Waals surface area contributed by atoms with E-state index < -0.39 is 22.6 Å². The van der Waals surface area contributed by atoms with E-state index in [0.717, 1.165) is 12.8 Å². The van der Waals surface area contributed by atoms with Crippen molar-refractivity contribution in [3.8, 4) is 0 Å². The molecule has 0 aromatic carbocycles. The van der Waals surface area contributed by atoms with Gasteiger partial charge >= 0.3 is 6.18 Å². The number of nitrogens with one attached hydrogen (secondary N) is 1. The normalized spacial score (nSPS) is 26.8. The van der Waals surface area contributed by atoms with E-state index >= 15 is 0 Å². The molecule has 35 heavy (non-hydrogen) atoms. The summed E-state index contributed by atoms with van der Waals surface area (Å²) in [5.74, 6) is 0.460. The highest BCUT2D eigenvalue weighted by Gasteiger charge is 2.47. The molecule has 1 aromatic rings. The fraction of sp³-hybridized carbons (Fsp3) is 0.826. The molecule has 4 rings (SSSR count). The molecule has 3 fully saturated rings. The number of likely N-dealkylation sites (tertiary alicyclic amines) is 1. The number of amides is 1. The number of halogens is 3. The summed E-state index contributed by atoms with van der Waals surface area (Å²) < 4.78 is 70.6. The maximum absolute atomic E-state index is 13.3. The first kappa shape index (κ1) is 26.4. The summed E-state index contributed by atoms with van der Waals surface area (Å²) in [6, 6.07) is 1.30. The molecule has 3 aliphatic rings. The summed E-state index contributed by atoms with van der Waals surface area (Å²) in [7, 11) is -3.45. The van der Waals surface area contributed by atoms with Crippen molar-refractivity contribution >= 4 is 15.9 Å². The average molecular weight is 521 g/mol. The number of aryl methyl sites for hydroxylation is 1. The topological polar surface area (TPSA) is 95.8 Å². The van der Waals surface area contributed by atoms with Gasteiger partial charge in [0.25, 0.3) is 5.91 Å². The van der Waals surface area contributed by atoms with Crippen molar-refractivity contribution in [2.24, 2.45) is 5.92 Å².